The Kier molecular flexibility index (Phi) is 12.0. The van der Waals surface area contributed by atoms with E-state index in [1.807, 2.05) is 13.8 Å². The Morgan fingerprint density at radius 1 is 1.32 bits per heavy atom. The summed E-state index contributed by atoms with van der Waals surface area (Å²) >= 11 is 0. The molecule has 0 saturated carbocycles. The lowest BCUT2D eigenvalue weighted by molar-refractivity contribution is -0.109. The largest absolute Gasteiger partial charge is 0.396 e. The minimum Gasteiger partial charge on any atom is -0.396 e. The summed E-state index contributed by atoms with van der Waals surface area (Å²) in [5.41, 5.74) is 0. The Morgan fingerprint density at radius 3 is 2.47 bits per heavy atom. The summed E-state index contributed by atoms with van der Waals surface area (Å²) in [5, 5.41) is 11.6. The number of carbonyl (C=O) groups excluding carboxylic acids is 1. The number of nitrogens with zero attached hydrogens (tertiary/aromatic N) is 2. The van der Waals surface area contributed by atoms with Crippen molar-refractivity contribution < 1.29 is 9.90 Å². The molecule has 0 aromatic heterocycles. The van der Waals surface area contributed by atoms with Gasteiger partial charge in [-0.3, -0.25) is 9.69 Å². The Labute approximate surface area is 118 Å². The van der Waals surface area contributed by atoms with E-state index < -0.39 is 0 Å². The van der Waals surface area contributed by atoms with Gasteiger partial charge < -0.3 is 15.3 Å². The van der Waals surface area contributed by atoms with E-state index in [1.54, 1.807) is 0 Å². The van der Waals surface area contributed by atoms with Crippen LogP contribution in [-0.2, 0) is 4.79 Å². The summed E-state index contributed by atoms with van der Waals surface area (Å²) in [6.45, 7) is 9.02. The first-order valence-electron chi connectivity index (χ1n) is 7.48. The minimum atomic E-state index is 0.240. The Balaban J connectivity index is 0.00000154. The molecular formula is C14H31N3O2. The Bertz CT molecular complexity index is 207. The highest BCUT2D eigenvalue weighted by atomic mass is 16.3. The van der Waals surface area contributed by atoms with Crippen LogP contribution < -0.4 is 5.32 Å². The third-order valence-corrected chi connectivity index (χ3v) is 3.43. The molecule has 0 bridgehead atoms. The number of aliphatic hydroxyl groups is 1. The van der Waals surface area contributed by atoms with Crippen molar-refractivity contribution >= 4 is 6.41 Å². The monoisotopic (exact) mass is 273 g/mol. The van der Waals surface area contributed by atoms with E-state index in [0.717, 1.165) is 39.0 Å². The lowest BCUT2D eigenvalue weighted by atomic mass is 10.0. The van der Waals surface area contributed by atoms with Crippen LogP contribution in [0.4, 0.5) is 0 Å². The second-order valence-corrected chi connectivity index (χ2v) is 4.72. The first-order valence-corrected chi connectivity index (χ1v) is 7.48. The molecule has 1 rings (SSSR count). The summed E-state index contributed by atoms with van der Waals surface area (Å²) in [7, 11) is 2.15. The molecule has 0 unspecified atom stereocenters. The van der Waals surface area contributed by atoms with Crippen LogP contribution in [0.15, 0.2) is 0 Å². The van der Waals surface area contributed by atoms with E-state index in [1.165, 1.54) is 12.8 Å². The van der Waals surface area contributed by atoms with Crippen molar-refractivity contribution in [1.82, 2.24) is 15.1 Å². The van der Waals surface area contributed by atoms with Gasteiger partial charge in [-0.05, 0) is 39.4 Å². The Morgan fingerprint density at radius 2 is 1.95 bits per heavy atom. The SMILES string of the molecule is CC.CN1CCC(N(CCCO)CCNC=O)CC1. The molecule has 0 aliphatic carbocycles. The molecule has 1 aliphatic heterocycles. The average molecular weight is 273 g/mol. The zero-order valence-corrected chi connectivity index (χ0v) is 12.8. The highest BCUT2D eigenvalue weighted by molar-refractivity contribution is 5.45. The van der Waals surface area contributed by atoms with E-state index in [-0.39, 0.29) is 6.61 Å². The summed E-state index contributed by atoms with van der Waals surface area (Å²) in [4.78, 5) is 15.0. The van der Waals surface area contributed by atoms with E-state index in [2.05, 4.69) is 22.2 Å². The molecule has 0 radical (unpaired) electrons. The fourth-order valence-corrected chi connectivity index (χ4v) is 2.38. The first kappa shape index (κ1) is 18.4. The average Bonchev–Trinajstić information content (AvgIpc) is 2.46. The third kappa shape index (κ3) is 8.18. The molecule has 5 nitrogen and oxygen atoms in total. The van der Waals surface area contributed by atoms with Gasteiger partial charge in [-0.1, -0.05) is 13.8 Å². The van der Waals surface area contributed by atoms with Crippen molar-refractivity contribution in [3.05, 3.63) is 0 Å². The number of aliphatic hydroxyl groups excluding tert-OH is 1. The van der Waals surface area contributed by atoms with Gasteiger partial charge in [0.25, 0.3) is 0 Å². The number of hydrogen-bond donors (Lipinski definition) is 2. The molecular weight excluding hydrogens is 242 g/mol. The summed E-state index contributed by atoms with van der Waals surface area (Å²) in [6.07, 6.45) is 3.93. The van der Waals surface area contributed by atoms with Crippen molar-refractivity contribution in [2.45, 2.75) is 39.2 Å². The number of rotatable bonds is 8. The van der Waals surface area contributed by atoms with E-state index in [4.69, 9.17) is 5.11 Å². The standard InChI is InChI=1S/C12H25N3O2.C2H6/c1-14-7-3-12(4-8-14)15(6-2-10-16)9-5-13-11-17;1-2/h11-12,16H,2-10H2,1H3,(H,13,17);1-2H3. The predicted molar refractivity (Wildman–Crippen MR) is 79.2 cm³/mol. The Hall–Kier alpha value is -0.650. The second kappa shape index (κ2) is 12.4. The van der Waals surface area contributed by atoms with Gasteiger partial charge >= 0.3 is 0 Å². The molecule has 5 heteroatoms. The van der Waals surface area contributed by atoms with Crippen LogP contribution in [0.25, 0.3) is 0 Å². The van der Waals surface area contributed by atoms with Crippen molar-refractivity contribution in [3.63, 3.8) is 0 Å². The minimum absolute atomic E-state index is 0.240. The maximum absolute atomic E-state index is 10.2. The van der Waals surface area contributed by atoms with Gasteiger partial charge in [0.05, 0.1) is 0 Å². The molecule has 1 aliphatic rings. The van der Waals surface area contributed by atoms with Crippen LogP contribution in [-0.4, -0.2) is 73.7 Å². The van der Waals surface area contributed by atoms with E-state index >= 15 is 0 Å². The molecule has 1 heterocycles. The van der Waals surface area contributed by atoms with Crippen LogP contribution in [0.3, 0.4) is 0 Å². The molecule has 1 saturated heterocycles. The molecule has 114 valence electrons. The van der Waals surface area contributed by atoms with Gasteiger partial charge in [0.1, 0.15) is 0 Å². The van der Waals surface area contributed by atoms with Crippen LogP contribution in [0.1, 0.15) is 33.1 Å². The zero-order chi connectivity index (χ0) is 14.5. The molecule has 1 amide bonds. The second-order valence-electron chi connectivity index (χ2n) is 4.72. The van der Waals surface area contributed by atoms with Gasteiger partial charge in [0, 0.05) is 32.3 Å². The molecule has 0 aromatic rings. The van der Waals surface area contributed by atoms with Crippen LogP contribution in [0, 0.1) is 0 Å². The van der Waals surface area contributed by atoms with E-state index in [0.29, 0.717) is 12.6 Å². The van der Waals surface area contributed by atoms with Gasteiger partial charge in [-0.2, -0.15) is 0 Å². The van der Waals surface area contributed by atoms with Crippen molar-refractivity contribution in [3.8, 4) is 0 Å². The maximum atomic E-state index is 10.2. The lowest BCUT2D eigenvalue weighted by Crippen LogP contribution is -2.46. The number of carbonyl (C=O) groups is 1. The fraction of sp³-hybridized carbons (Fsp3) is 0.929. The van der Waals surface area contributed by atoms with E-state index in [9.17, 15) is 4.79 Å². The molecule has 19 heavy (non-hydrogen) atoms. The lowest BCUT2D eigenvalue weighted by Gasteiger charge is -2.37. The maximum Gasteiger partial charge on any atom is 0.207 e. The molecule has 0 aromatic carbocycles. The molecule has 0 atom stereocenters. The zero-order valence-electron chi connectivity index (χ0n) is 12.8. The summed E-state index contributed by atoms with van der Waals surface area (Å²) in [5.74, 6) is 0. The first-order chi connectivity index (χ1) is 9.27. The van der Waals surface area contributed by atoms with Crippen molar-refractivity contribution in [2.75, 3.05) is 46.4 Å². The summed E-state index contributed by atoms with van der Waals surface area (Å²) < 4.78 is 0. The number of piperidine rings is 1. The third-order valence-electron chi connectivity index (χ3n) is 3.43. The van der Waals surface area contributed by atoms with Crippen molar-refractivity contribution in [2.24, 2.45) is 0 Å². The molecule has 1 fully saturated rings. The predicted octanol–water partition coefficient (Wildman–Crippen LogP) is 0.537. The van der Waals surface area contributed by atoms with Crippen LogP contribution in [0.2, 0.25) is 0 Å². The van der Waals surface area contributed by atoms with Crippen molar-refractivity contribution in [1.29, 1.82) is 0 Å². The number of nitrogens with one attached hydrogen (secondary N) is 1. The quantitative estimate of drug-likeness (QED) is 0.500. The molecule has 0 spiro atoms. The van der Waals surface area contributed by atoms with Gasteiger partial charge in [-0.25, -0.2) is 0 Å². The highest BCUT2D eigenvalue weighted by Crippen LogP contribution is 2.15. The van der Waals surface area contributed by atoms with Gasteiger partial charge in [0.2, 0.25) is 6.41 Å². The number of amides is 1. The summed E-state index contributed by atoms with van der Waals surface area (Å²) in [6, 6.07) is 0.603. The fourth-order valence-electron chi connectivity index (χ4n) is 2.38. The topological polar surface area (TPSA) is 55.8 Å². The van der Waals surface area contributed by atoms with Gasteiger partial charge in [-0.15, -0.1) is 0 Å². The van der Waals surface area contributed by atoms with Gasteiger partial charge in [0.15, 0.2) is 0 Å². The normalized spacial score (nSPS) is 16.9. The smallest absolute Gasteiger partial charge is 0.207 e. The number of likely N-dealkylation sites (tertiary alicyclic amines) is 1. The molecule has 2 N–H and O–H groups in total. The highest BCUT2D eigenvalue weighted by Gasteiger charge is 2.22. The van der Waals surface area contributed by atoms with Crippen LogP contribution in [0.5, 0.6) is 0 Å². The van der Waals surface area contributed by atoms with Crippen LogP contribution >= 0.6 is 0 Å². The number of hydrogen-bond acceptors (Lipinski definition) is 4.